The predicted octanol–water partition coefficient (Wildman–Crippen LogP) is 4.61. The number of amides is 2. The number of aryl methyl sites for hydroxylation is 2. The molecule has 0 saturated heterocycles. The van der Waals surface area contributed by atoms with Crippen LogP contribution in [0.3, 0.4) is 0 Å². The number of anilines is 1. The lowest BCUT2D eigenvalue weighted by atomic mass is 9.99. The standard InChI is InChI=1S/C27H23FN2O4/c1-16-3-6-19(13-17(16)2)24-25(29-21-9-10-22-23(14-21)34-12-11-33-22)27(32)30(26(24)31)15-18-4-7-20(28)8-5-18/h3-10,13-14,29H,11-12,15H2,1-2H3. The van der Waals surface area contributed by atoms with Crippen LogP contribution in [-0.2, 0) is 16.1 Å². The number of fused-ring (bicyclic) bond motifs is 1. The zero-order valence-electron chi connectivity index (χ0n) is 18.9. The molecule has 3 aromatic rings. The summed E-state index contributed by atoms with van der Waals surface area (Å²) in [5, 5.41) is 3.15. The summed E-state index contributed by atoms with van der Waals surface area (Å²) in [6.45, 7) is 4.91. The molecule has 3 aromatic carbocycles. The van der Waals surface area contributed by atoms with Crippen molar-refractivity contribution in [1.82, 2.24) is 4.90 Å². The Morgan fingerprint density at radius 2 is 1.59 bits per heavy atom. The number of carbonyl (C=O) groups excluding carboxylic acids is 2. The van der Waals surface area contributed by atoms with Gasteiger partial charge in [0, 0.05) is 11.8 Å². The smallest absolute Gasteiger partial charge is 0.278 e. The zero-order chi connectivity index (χ0) is 23.8. The van der Waals surface area contributed by atoms with E-state index in [1.807, 2.05) is 32.0 Å². The van der Waals surface area contributed by atoms with Gasteiger partial charge in [0.25, 0.3) is 11.8 Å². The van der Waals surface area contributed by atoms with Gasteiger partial charge in [-0.3, -0.25) is 14.5 Å². The Morgan fingerprint density at radius 3 is 2.32 bits per heavy atom. The number of hydrogen-bond acceptors (Lipinski definition) is 5. The van der Waals surface area contributed by atoms with Gasteiger partial charge in [-0.25, -0.2) is 4.39 Å². The van der Waals surface area contributed by atoms with Gasteiger partial charge in [0.2, 0.25) is 0 Å². The van der Waals surface area contributed by atoms with Gasteiger partial charge in [0.1, 0.15) is 24.7 Å². The lowest BCUT2D eigenvalue weighted by Crippen LogP contribution is -2.32. The Hall–Kier alpha value is -4.13. The SMILES string of the molecule is Cc1ccc(C2=C(Nc3ccc4c(c3)OCCO4)C(=O)N(Cc3ccc(F)cc3)C2=O)cc1C. The summed E-state index contributed by atoms with van der Waals surface area (Å²) in [6, 6.07) is 16.7. The summed E-state index contributed by atoms with van der Waals surface area (Å²) in [5.41, 5.74) is 4.50. The maximum absolute atomic E-state index is 13.5. The molecule has 0 radical (unpaired) electrons. The van der Waals surface area contributed by atoms with Gasteiger partial charge in [-0.05, 0) is 60.4 Å². The molecule has 34 heavy (non-hydrogen) atoms. The molecule has 6 nitrogen and oxygen atoms in total. The molecule has 1 N–H and O–H groups in total. The minimum absolute atomic E-state index is 0.0403. The van der Waals surface area contributed by atoms with Crippen LogP contribution < -0.4 is 14.8 Å². The molecule has 5 rings (SSSR count). The minimum Gasteiger partial charge on any atom is -0.486 e. The van der Waals surface area contributed by atoms with Gasteiger partial charge < -0.3 is 14.8 Å². The number of imide groups is 1. The lowest BCUT2D eigenvalue weighted by molar-refractivity contribution is -0.137. The van der Waals surface area contributed by atoms with Crippen LogP contribution in [0.15, 0.2) is 66.4 Å². The molecule has 0 spiro atoms. The monoisotopic (exact) mass is 458 g/mol. The molecule has 0 unspecified atom stereocenters. The maximum Gasteiger partial charge on any atom is 0.278 e. The molecule has 0 aliphatic carbocycles. The molecular weight excluding hydrogens is 435 g/mol. The predicted molar refractivity (Wildman–Crippen MR) is 126 cm³/mol. The second-order valence-corrected chi connectivity index (χ2v) is 8.36. The van der Waals surface area contributed by atoms with Crippen molar-refractivity contribution in [3.8, 4) is 11.5 Å². The Kier molecular flexibility index (Phi) is 5.53. The first-order chi connectivity index (χ1) is 16.4. The summed E-state index contributed by atoms with van der Waals surface area (Å²) in [6.07, 6.45) is 0. The van der Waals surface area contributed by atoms with Crippen molar-refractivity contribution in [1.29, 1.82) is 0 Å². The summed E-state index contributed by atoms with van der Waals surface area (Å²) < 4.78 is 24.6. The summed E-state index contributed by atoms with van der Waals surface area (Å²) in [4.78, 5) is 28.2. The van der Waals surface area contributed by atoms with E-state index in [0.29, 0.717) is 47.1 Å². The number of ether oxygens (including phenoxy) is 2. The fourth-order valence-electron chi connectivity index (χ4n) is 4.04. The van der Waals surface area contributed by atoms with Crippen molar-refractivity contribution in [2.45, 2.75) is 20.4 Å². The van der Waals surface area contributed by atoms with Crippen molar-refractivity contribution >= 4 is 23.1 Å². The number of hydrogen-bond donors (Lipinski definition) is 1. The van der Waals surface area contributed by atoms with Gasteiger partial charge in [-0.15, -0.1) is 0 Å². The first-order valence-electron chi connectivity index (χ1n) is 11.0. The highest BCUT2D eigenvalue weighted by molar-refractivity contribution is 6.36. The van der Waals surface area contributed by atoms with E-state index < -0.39 is 11.8 Å². The van der Waals surface area contributed by atoms with Gasteiger partial charge in [0.15, 0.2) is 11.5 Å². The summed E-state index contributed by atoms with van der Waals surface area (Å²) in [7, 11) is 0. The van der Waals surface area contributed by atoms with E-state index in [4.69, 9.17) is 9.47 Å². The highest BCUT2D eigenvalue weighted by Gasteiger charge is 2.39. The van der Waals surface area contributed by atoms with E-state index >= 15 is 0 Å². The molecule has 172 valence electrons. The molecule has 0 fully saturated rings. The normalized spacial score (nSPS) is 15.2. The third-order valence-electron chi connectivity index (χ3n) is 6.03. The number of halogens is 1. The van der Waals surface area contributed by atoms with Crippen molar-refractivity contribution in [2.24, 2.45) is 0 Å². The van der Waals surface area contributed by atoms with Crippen LogP contribution in [0.2, 0.25) is 0 Å². The average molecular weight is 458 g/mol. The Labute approximate surface area is 196 Å². The first kappa shape index (κ1) is 21.7. The molecule has 0 bridgehead atoms. The van der Waals surface area contributed by atoms with Gasteiger partial charge >= 0.3 is 0 Å². The summed E-state index contributed by atoms with van der Waals surface area (Å²) in [5.74, 6) is -0.0239. The van der Waals surface area contributed by atoms with Crippen molar-refractivity contribution < 1.29 is 23.5 Å². The zero-order valence-corrected chi connectivity index (χ0v) is 18.9. The van der Waals surface area contributed by atoms with Crippen LogP contribution in [0.5, 0.6) is 11.5 Å². The Morgan fingerprint density at radius 1 is 0.853 bits per heavy atom. The molecule has 0 atom stereocenters. The number of nitrogens with one attached hydrogen (secondary N) is 1. The lowest BCUT2D eigenvalue weighted by Gasteiger charge is -2.19. The quantitative estimate of drug-likeness (QED) is 0.566. The van der Waals surface area contributed by atoms with Gasteiger partial charge in [-0.1, -0.05) is 30.3 Å². The Balaban J connectivity index is 1.54. The molecule has 0 saturated carbocycles. The molecule has 2 heterocycles. The van der Waals surface area contributed by atoms with E-state index in [-0.39, 0.29) is 18.1 Å². The van der Waals surface area contributed by atoms with Gasteiger partial charge in [-0.2, -0.15) is 0 Å². The highest BCUT2D eigenvalue weighted by atomic mass is 19.1. The van der Waals surface area contributed by atoms with Crippen LogP contribution in [0.1, 0.15) is 22.3 Å². The van der Waals surface area contributed by atoms with Crippen LogP contribution in [0.4, 0.5) is 10.1 Å². The largest absolute Gasteiger partial charge is 0.486 e. The molecule has 2 aliphatic heterocycles. The molecular formula is C27H23FN2O4. The fraction of sp³-hybridized carbons (Fsp3) is 0.185. The maximum atomic E-state index is 13.5. The van der Waals surface area contributed by atoms with Crippen LogP contribution in [-0.4, -0.2) is 29.9 Å². The van der Waals surface area contributed by atoms with E-state index in [0.717, 1.165) is 11.1 Å². The second-order valence-electron chi connectivity index (χ2n) is 8.36. The Bertz CT molecular complexity index is 1330. The van der Waals surface area contributed by atoms with Crippen LogP contribution in [0, 0.1) is 19.7 Å². The molecule has 0 aromatic heterocycles. The van der Waals surface area contributed by atoms with E-state index in [2.05, 4.69) is 5.32 Å². The van der Waals surface area contributed by atoms with Crippen molar-refractivity contribution in [3.05, 3.63) is 94.4 Å². The molecule has 2 amide bonds. The topological polar surface area (TPSA) is 67.9 Å². The van der Waals surface area contributed by atoms with Crippen LogP contribution in [0.25, 0.3) is 5.57 Å². The second kappa shape index (κ2) is 8.67. The number of nitrogens with zero attached hydrogens (tertiary/aromatic N) is 1. The molecule has 7 heteroatoms. The van der Waals surface area contributed by atoms with E-state index in [1.165, 1.54) is 17.0 Å². The number of carbonyl (C=O) groups is 2. The van der Waals surface area contributed by atoms with Crippen molar-refractivity contribution in [2.75, 3.05) is 18.5 Å². The molecule has 2 aliphatic rings. The minimum atomic E-state index is -0.447. The van der Waals surface area contributed by atoms with Crippen molar-refractivity contribution in [3.63, 3.8) is 0 Å². The highest BCUT2D eigenvalue weighted by Crippen LogP contribution is 2.36. The van der Waals surface area contributed by atoms with E-state index in [1.54, 1.807) is 30.3 Å². The average Bonchev–Trinajstić information content (AvgIpc) is 3.06. The van der Waals surface area contributed by atoms with Gasteiger partial charge in [0.05, 0.1) is 12.1 Å². The third-order valence-corrected chi connectivity index (χ3v) is 6.03. The third kappa shape index (κ3) is 4.01. The van der Waals surface area contributed by atoms with E-state index in [9.17, 15) is 14.0 Å². The fourth-order valence-corrected chi connectivity index (χ4v) is 4.04. The number of benzene rings is 3. The van der Waals surface area contributed by atoms with Crippen LogP contribution >= 0.6 is 0 Å². The number of rotatable bonds is 5. The first-order valence-corrected chi connectivity index (χ1v) is 11.0. The summed E-state index contributed by atoms with van der Waals surface area (Å²) >= 11 is 0.